The molecule has 0 fully saturated rings. The molecular weight excluding hydrogens is 216 g/mol. The van der Waals surface area contributed by atoms with Crippen molar-refractivity contribution in [3.8, 4) is 17.2 Å². The van der Waals surface area contributed by atoms with Crippen LogP contribution in [0.25, 0.3) is 11.5 Å². The van der Waals surface area contributed by atoms with E-state index in [2.05, 4.69) is 10.2 Å². The SMILES string of the molecule is CC(Cl)c1nnc(-c2cccc(O)c2)o1. The molecule has 4 nitrogen and oxygen atoms in total. The standard InChI is InChI=1S/C10H9ClN2O2/c1-6(11)9-12-13-10(15-9)7-3-2-4-8(14)5-7/h2-6,14H,1H3. The summed E-state index contributed by atoms with van der Waals surface area (Å²) in [6.45, 7) is 1.75. The lowest BCUT2D eigenvalue weighted by Gasteiger charge is -1.95. The highest BCUT2D eigenvalue weighted by atomic mass is 35.5. The zero-order chi connectivity index (χ0) is 10.8. The summed E-state index contributed by atoms with van der Waals surface area (Å²) in [5.74, 6) is 0.884. The summed E-state index contributed by atoms with van der Waals surface area (Å²) in [5.41, 5.74) is 0.672. The van der Waals surface area contributed by atoms with E-state index in [1.807, 2.05) is 0 Å². The Kier molecular flexibility index (Phi) is 2.60. The molecule has 2 rings (SSSR count). The van der Waals surface area contributed by atoms with Crippen LogP contribution >= 0.6 is 11.6 Å². The normalized spacial score (nSPS) is 12.7. The molecule has 0 aliphatic carbocycles. The van der Waals surface area contributed by atoms with Crippen molar-refractivity contribution in [1.29, 1.82) is 0 Å². The lowest BCUT2D eigenvalue weighted by atomic mass is 10.2. The maximum atomic E-state index is 9.27. The van der Waals surface area contributed by atoms with E-state index in [1.54, 1.807) is 31.2 Å². The Morgan fingerprint density at radius 3 is 2.80 bits per heavy atom. The first-order valence-electron chi connectivity index (χ1n) is 4.43. The van der Waals surface area contributed by atoms with Gasteiger partial charge in [-0.3, -0.25) is 0 Å². The van der Waals surface area contributed by atoms with Crippen molar-refractivity contribution in [3.05, 3.63) is 30.2 Å². The molecule has 0 spiro atoms. The van der Waals surface area contributed by atoms with Gasteiger partial charge in [-0.05, 0) is 25.1 Å². The molecule has 0 aliphatic heterocycles. The Bertz CT molecular complexity index is 468. The van der Waals surface area contributed by atoms with E-state index in [0.29, 0.717) is 17.3 Å². The number of aromatic hydroxyl groups is 1. The highest BCUT2D eigenvalue weighted by Gasteiger charge is 2.12. The van der Waals surface area contributed by atoms with Crippen LogP contribution in [-0.4, -0.2) is 15.3 Å². The Hall–Kier alpha value is -1.55. The fraction of sp³-hybridized carbons (Fsp3) is 0.200. The second kappa shape index (κ2) is 3.90. The minimum Gasteiger partial charge on any atom is -0.508 e. The second-order valence-electron chi connectivity index (χ2n) is 3.11. The smallest absolute Gasteiger partial charge is 0.247 e. The minimum absolute atomic E-state index is 0.158. The summed E-state index contributed by atoms with van der Waals surface area (Å²) in [7, 11) is 0. The molecule has 1 N–H and O–H groups in total. The molecule has 0 bridgehead atoms. The van der Waals surface area contributed by atoms with Gasteiger partial charge in [0.25, 0.3) is 0 Å². The molecule has 15 heavy (non-hydrogen) atoms. The molecule has 1 aromatic carbocycles. The van der Waals surface area contributed by atoms with Gasteiger partial charge in [-0.15, -0.1) is 21.8 Å². The van der Waals surface area contributed by atoms with Crippen LogP contribution in [-0.2, 0) is 0 Å². The number of rotatable bonds is 2. The largest absolute Gasteiger partial charge is 0.508 e. The van der Waals surface area contributed by atoms with E-state index >= 15 is 0 Å². The van der Waals surface area contributed by atoms with E-state index < -0.39 is 0 Å². The van der Waals surface area contributed by atoms with Gasteiger partial charge in [0, 0.05) is 5.56 Å². The first-order chi connectivity index (χ1) is 7.16. The molecule has 2 aromatic rings. The van der Waals surface area contributed by atoms with E-state index in [-0.39, 0.29) is 11.1 Å². The first-order valence-corrected chi connectivity index (χ1v) is 4.87. The predicted molar refractivity (Wildman–Crippen MR) is 55.7 cm³/mol. The molecule has 1 atom stereocenters. The lowest BCUT2D eigenvalue weighted by Crippen LogP contribution is -1.81. The average molecular weight is 225 g/mol. The Morgan fingerprint density at radius 1 is 1.40 bits per heavy atom. The van der Waals surface area contributed by atoms with Crippen molar-refractivity contribution in [3.63, 3.8) is 0 Å². The Labute approximate surface area is 91.5 Å². The van der Waals surface area contributed by atoms with Crippen LogP contribution in [0.1, 0.15) is 18.2 Å². The maximum Gasteiger partial charge on any atom is 0.247 e. The summed E-state index contributed by atoms with van der Waals surface area (Å²) >= 11 is 5.79. The van der Waals surface area contributed by atoms with Gasteiger partial charge in [-0.25, -0.2) is 0 Å². The summed E-state index contributed by atoms with van der Waals surface area (Å²) in [6.07, 6.45) is 0. The second-order valence-corrected chi connectivity index (χ2v) is 3.77. The van der Waals surface area contributed by atoms with Crippen LogP contribution in [0, 0.1) is 0 Å². The first kappa shape index (κ1) is 9.98. The topological polar surface area (TPSA) is 59.2 Å². The van der Waals surface area contributed by atoms with Gasteiger partial charge < -0.3 is 9.52 Å². The quantitative estimate of drug-likeness (QED) is 0.797. The number of hydrogen-bond acceptors (Lipinski definition) is 4. The molecule has 1 heterocycles. The van der Waals surface area contributed by atoms with Crippen LogP contribution in [0.5, 0.6) is 5.75 Å². The van der Waals surface area contributed by atoms with Gasteiger partial charge >= 0.3 is 0 Å². The number of halogens is 1. The third-order valence-electron chi connectivity index (χ3n) is 1.87. The van der Waals surface area contributed by atoms with E-state index in [0.717, 1.165) is 0 Å². The fourth-order valence-corrected chi connectivity index (χ4v) is 1.24. The molecule has 0 amide bonds. The monoisotopic (exact) mass is 224 g/mol. The van der Waals surface area contributed by atoms with Gasteiger partial charge in [0.1, 0.15) is 11.1 Å². The number of benzene rings is 1. The van der Waals surface area contributed by atoms with Gasteiger partial charge in [-0.1, -0.05) is 6.07 Å². The molecule has 5 heteroatoms. The van der Waals surface area contributed by atoms with Gasteiger partial charge in [0.05, 0.1) is 0 Å². The van der Waals surface area contributed by atoms with Gasteiger partial charge in [-0.2, -0.15) is 0 Å². The number of phenols is 1. The van der Waals surface area contributed by atoms with Crippen LogP contribution in [0.4, 0.5) is 0 Å². The molecule has 1 unspecified atom stereocenters. The van der Waals surface area contributed by atoms with E-state index in [4.69, 9.17) is 16.0 Å². The van der Waals surface area contributed by atoms with Crippen LogP contribution in [0.3, 0.4) is 0 Å². The summed E-state index contributed by atoms with van der Waals surface area (Å²) in [4.78, 5) is 0. The predicted octanol–water partition coefficient (Wildman–Crippen LogP) is 2.74. The molecule has 0 radical (unpaired) electrons. The zero-order valence-electron chi connectivity index (χ0n) is 8.01. The number of phenolic OH excluding ortho intramolecular Hbond substituents is 1. The number of hydrogen-bond donors (Lipinski definition) is 1. The molecular formula is C10H9ClN2O2. The van der Waals surface area contributed by atoms with Crippen molar-refractivity contribution in [2.75, 3.05) is 0 Å². The molecule has 1 aromatic heterocycles. The molecule has 0 saturated carbocycles. The highest BCUT2D eigenvalue weighted by molar-refractivity contribution is 6.20. The van der Waals surface area contributed by atoms with Crippen LogP contribution < -0.4 is 0 Å². The summed E-state index contributed by atoms with van der Waals surface area (Å²) in [6, 6.07) is 6.61. The third kappa shape index (κ3) is 2.10. The number of alkyl halides is 1. The molecule has 0 saturated heterocycles. The number of nitrogens with zero attached hydrogens (tertiary/aromatic N) is 2. The van der Waals surface area contributed by atoms with E-state index in [9.17, 15) is 5.11 Å². The zero-order valence-corrected chi connectivity index (χ0v) is 8.77. The summed E-state index contributed by atoms with van der Waals surface area (Å²) in [5, 5.41) is 16.6. The highest BCUT2D eigenvalue weighted by Crippen LogP contribution is 2.25. The Morgan fingerprint density at radius 2 is 2.20 bits per heavy atom. The summed E-state index contributed by atoms with van der Waals surface area (Å²) < 4.78 is 5.32. The molecule has 78 valence electrons. The van der Waals surface area contributed by atoms with Crippen molar-refractivity contribution < 1.29 is 9.52 Å². The lowest BCUT2D eigenvalue weighted by molar-refractivity contribution is 0.474. The fourth-order valence-electron chi connectivity index (χ4n) is 1.15. The average Bonchev–Trinajstić information content (AvgIpc) is 2.66. The number of aromatic nitrogens is 2. The van der Waals surface area contributed by atoms with Crippen molar-refractivity contribution in [1.82, 2.24) is 10.2 Å². The van der Waals surface area contributed by atoms with E-state index in [1.165, 1.54) is 0 Å². The Balaban J connectivity index is 2.37. The van der Waals surface area contributed by atoms with Crippen LogP contribution in [0.2, 0.25) is 0 Å². The molecule has 0 aliphatic rings. The maximum absolute atomic E-state index is 9.27. The van der Waals surface area contributed by atoms with Crippen LogP contribution in [0.15, 0.2) is 28.7 Å². The minimum atomic E-state index is -0.316. The van der Waals surface area contributed by atoms with Crippen molar-refractivity contribution in [2.24, 2.45) is 0 Å². The van der Waals surface area contributed by atoms with Crippen molar-refractivity contribution >= 4 is 11.6 Å². The van der Waals surface area contributed by atoms with Crippen molar-refractivity contribution in [2.45, 2.75) is 12.3 Å². The van der Waals surface area contributed by atoms with Gasteiger partial charge in [0.2, 0.25) is 11.8 Å². The third-order valence-corrected chi connectivity index (χ3v) is 2.06. The van der Waals surface area contributed by atoms with Gasteiger partial charge in [0.15, 0.2) is 0 Å².